The van der Waals surface area contributed by atoms with Gasteiger partial charge in [0.2, 0.25) is 0 Å². The molecule has 0 aliphatic carbocycles. The van der Waals surface area contributed by atoms with E-state index < -0.39 is 12.0 Å². The number of ether oxygens (including phenoxy) is 1. The highest BCUT2D eigenvalue weighted by Gasteiger charge is 2.13. The van der Waals surface area contributed by atoms with E-state index in [9.17, 15) is 9.59 Å². The predicted molar refractivity (Wildman–Crippen MR) is 84.6 cm³/mol. The lowest BCUT2D eigenvalue weighted by molar-refractivity contribution is 0.0698. The van der Waals surface area contributed by atoms with Crippen molar-refractivity contribution in [3.05, 3.63) is 23.8 Å². The summed E-state index contributed by atoms with van der Waals surface area (Å²) in [5.41, 5.74) is 0.223. The van der Waals surface area contributed by atoms with E-state index in [-0.39, 0.29) is 11.3 Å². The van der Waals surface area contributed by atoms with E-state index in [0.717, 1.165) is 6.42 Å². The van der Waals surface area contributed by atoms with E-state index in [1.807, 2.05) is 6.26 Å². The molecule has 1 aromatic rings. The zero-order valence-corrected chi connectivity index (χ0v) is 13.1. The van der Waals surface area contributed by atoms with Crippen LogP contribution in [0, 0.1) is 0 Å². The molecule has 0 radical (unpaired) electrons. The van der Waals surface area contributed by atoms with E-state index in [0.29, 0.717) is 17.5 Å². The molecule has 0 spiro atoms. The number of rotatable bonds is 7. The van der Waals surface area contributed by atoms with E-state index in [2.05, 4.69) is 17.6 Å². The maximum absolute atomic E-state index is 11.8. The summed E-state index contributed by atoms with van der Waals surface area (Å²) in [6, 6.07) is 3.98. The second-order valence-electron chi connectivity index (χ2n) is 4.43. The molecule has 0 aliphatic rings. The molecule has 0 aliphatic heterocycles. The van der Waals surface area contributed by atoms with Gasteiger partial charge in [0.15, 0.2) is 0 Å². The third-order valence-electron chi connectivity index (χ3n) is 2.94. The minimum atomic E-state index is -1.11. The Hall–Kier alpha value is -1.89. The van der Waals surface area contributed by atoms with Crippen molar-refractivity contribution in [1.82, 2.24) is 5.32 Å². The maximum Gasteiger partial charge on any atom is 0.337 e. The fourth-order valence-electron chi connectivity index (χ4n) is 1.61. The zero-order chi connectivity index (χ0) is 15.8. The molecule has 1 aromatic carbocycles. The van der Waals surface area contributed by atoms with Gasteiger partial charge < -0.3 is 20.5 Å². The molecule has 116 valence electrons. The molecule has 2 amide bonds. The first-order chi connectivity index (χ1) is 9.97. The normalized spacial score (nSPS) is 11.6. The Labute approximate surface area is 128 Å². The number of aromatic carboxylic acids is 1. The number of hydrogen-bond donors (Lipinski definition) is 3. The Morgan fingerprint density at radius 2 is 2.14 bits per heavy atom. The second kappa shape index (κ2) is 8.41. The molecule has 3 N–H and O–H groups in total. The molecule has 6 nitrogen and oxygen atoms in total. The molecule has 1 rings (SSSR count). The number of methoxy groups -OCH3 is 1. The molecular weight excluding hydrogens is 292 g/mol. The fraction of sp³-hybridized carbons (Fsp3) is 0.429. The number of hydrogen-bond acceptors (Lipinski definition) is 4. The topological polar surface area (TPSA) is 87.7 Å². The molecular formula is C14H20N2O4S. The highest BCUT2D eigenvalue weighted by Crippen LogP contribution is 2.22. The lowest BCUT2D eigenvalue weighted by Gasteiger charge is -2.12. The number of carbonyl (C=O) groups is 2. The van der Waals surface area contributed by atoms with E-state index in [1.54, 1.807) is 11.8 Å². The van der Waals surface area contributed by atoms with Crippen LogP contribution in [-0.4, -0.2) is 42.3 Å². The lowest BCUT2D eigenvalue weighted by atomic mass is 10.1. The van der Waals surface area contributed by atoms with Gasteiger partial charge in [-0.2, -0.15) is 11.8 Å². The highest BCUT2D eigenvalue weighted by molar-refractivity contribution is 7.99. The number of thioether (sulfide) groups is 1. The van der Waals surface area contributed by atoms with Crippen molar-refractivity contribution < 1.29 is 19.4 Å². The molecule has 0 saturated carbocycles. The number of carboxylic acid groups (broad SMARTS) is 1. The van der Waals surface area contributed by atoms with Gasteiger partial charge in [-0.3, -0.25) is 0 Å². The monoisotopic (exact) mass is 312 g/mol. The van der Waals surface area contributed by atoms with Crippen molar-refractivity contribution in [2.75, 3.05) is 25.2 Å². The predicted octanol–water partition coefficient (Wildman–Crippen LogP) is 2.66. The van der Waals surface area contributed by atoms with Gasteiger partial charge in [-0.15, -0.1) is 0 Å². The van der Waals surface area contributed by atoms with Crippen LogP contribution in [0.5, 0.6) is 5.75 Å². The quantitative estimate of drug-likeness (QED) is 0.720. The van der Waals surface area contributed by atoms with Crippen LogP contribution in [0.25, 0.3) is 0 Å². The lowest BCUT2D eigenvalue weighted by Crippen LogP contribution is -2.31. The third kappa shape index (κ3) is 5.55. The van der Waals surface area contributed by atoms with Crippen molar-refractivity contribution in [3.63, 3.8) is 0 Å². The van der Waals surface area contributed by atoms with Crippen LogP contribution in [0.2, 0.25) is 0 Å². The van der Waals surface area contributed by atoms with E-state index in [4.69, 9.17) is 9.84 Å². The summed E-state index contributed by atoms with van der Waals surface area (Å²) in [4.78, 5) is 22.9. The molecule has 7 heteroatoms. The first kappa shape index (κ1) is 17.2. The van der Waals surface area contributed by atoms with Gasteiger partial charge in [-0.25, -0.2) is 9.59 Å². The molecule has 0 saturated heterocycles. The largest absolute Gasteiger partial charge is 0.497 e. The molecule has 1 atom stereocenters. The smallest absolute Gasteiger partial charge is 0.337 e. The first-order valence-corrected chi connectivity index (χ1v) is 7.75. The molecule has 0 fully saturated rings. The van der Waals surface area contributed by atoms with Crippen LogP contribution in [0.1, 0.15) is 23.7 Å². The number of urea groups is 1. The number of amides is 2. The number of anilines is 1. The van der Waals surface area contributed by atoms with Gasteiger partial charge >= 0.3 is 12.0 Å². The first-order valence-electron chi connectivity index (χ1n) is 6.47. The zero-order valence-electron chi connectivity index (χ0n) is 12.3. The Morgan fingerprint density at radius 3 is 2.71 bits per heavy atom. The van der Waals surface area contributed by atoms with Gasteiger partial charge in [-0.1, -0.05) is 6.92 Å². The van der Waals surface area contributed by atoms with Gasteiger partial charge in [-0.05, 0) is 24.8 Å². The summed E-state index contributed by atoms with van der Waals surface area (Å²) in [6.07, 6.45) is 2.86. The number of carboxylic acids is 1. The van der Waals surface area contributed by atoms with Crippen LogP contribution < -0.4 is 15.4 Å². The number of carbonyl (C=O) groups excluding carboxylic acids is 1. The second-order valence-corrected chi connectivity index (χ2v) is 5.71. The fourth-order valence-corrected chi connectivity index (χ4v) is 1.97. The summed E-state index contributed by atoms with van der Waals surface area (Å²) in [5.74, 6) is -0.629. The van der Waals surface area contributed by atoms with Crippen molar-refractivity contribution >= 4 is 29.4 Å². The van der Waals surface area contributed by atoms with Crippen LogP contribution in [-0.2, 0) is 0 Å². The maximum atomic E-state index is 11.8. The summed E-state index contributed by atoms with van der Waals surface area (Å²) in [6.45, 7) is 2.61. The van der Waals surface area contributed by atoms with E-state index >= 15 is 0 Å². The molecule has 0 heterocycles. The Kier molecular flexibility index (Phi) is 6.87. The van der Waals surface area contributed by atoms with Crippen molar-refractivity contribution in [2.45, 2.75) is 18.6 Å². The summed E-state index contributed by atoms with van der Waals surface area (Å²) in [5, 5.41) is 14.8. The average Bonchev–Trinajstić information content (AvgIpc) is 2.46. The Bertz CT molecular complexity index is 508. The summed E-state index contributed by atoms with van der Waals surface area (Å²) >= 11 is 1.73. The van der Waals surface area contributed by atoms with Crippen LogP contribution in [0.3, 0.4) is 0 Å². The van der Waals surface area contributed by atoms with Gasteiger partial charge in [0.1, 0.15) is 5.75 Å². The van der Waals surface area contributed by atoms with Crippen molar-refractivity contribution in [1.29, 1.82) is 0 Å². The van der Waals surface area contributed by atoms with Gasteiger partial charge in [0.25, 0.3) is 0 Å². The molecule has 0 aromatic heterocycles. The van der Waals surface area contributed by atoms with Crippen molar-refractivity contribution in [3.8, 4) is 5.75 Å². The minimum Gasteiger partial charge on any atom is -0.497 e. The van der Waals surface area contributed by atoms with Crippen molar-refractivity contribution in [2.24, 2.45) is 0 Å². The van der Waals surface area contributed by atoms with E-state index in [1.165, 1.54) is 25.3 Å². The Balaban J connectivity index is 2.68. The van der Waals surface area contributed by atoms with Crippen LogP contribution in [0.15, 0.2) is 18.2 Å². The summed E-state index contributed by atoms with van der Waals surface area (Å²) < 4.78 is 5.03. The number of nitrogens with one attached hydrogen (secondary N) is 2. The Morgan fingerprint density at radius 1 is 1.43 bits per heavy atom. The van der Waals surface area contributed by atoms with Crippen LogP contribution >= 0.6 is 11.8 Å². The molecule has 1 unspecified atom stereocenters. The summed E-state index contributed by atoms with van der Waals surface area (Å²) in [7, 11) is 1.48. The number of benzene rings is 1. The highest BCUT2D eigenvalue weighted by atomic mass is 32.2. The van der Waals surface area contributed by atoms with Gasteiger partial charge in [0, 0.05) is 17.9 Å². The van der Waals surface area contributed by atoms with Gasteiger partial charge in [0.05, 0.1) is 18.4 Å². The minimum absolute atomic E-state index is 0.0171. The van der Waals surface area contributed by atoms with Crippen LogP contribution in [0.4, 0.5) is 10.5 Å². The standard InChI is InChI=1S/C14H20N2O4S/c1-9(21-3)6-7-15-14(19)16-12-8-10(20-2)4-5-11(12)13(17)18/h4-5,8-9H,6-7H2,1-3H3,(H,17,18)(H2,15,16,19). The molecule has 21 heavy (non-hydrogen) atoms. The SMILES string of the molecule is COc1ccc(C(=O)O)c(NC(=O)NCCC(C)SC)c1. The third-order valence-corrected chi connectivity index (χ3v) is 3.98. The average molecular weight is 312 g/mol. The molecule has 0 bridgehead atoms.